The van der Waals surface area contributed by atoms with Gasteiger partial charge >= 0.3 is 6.03 Å². The second-order valence-corrected chi connectivity index (χ2v) is 3.33. The lowest BCUT2D eigenvalue weighted by Crippen LogP contribution is -2.39. The molecule has 0 saturated carbocycles. The summed E-state index contributed by atoms with van der Waals surface area (Å²) in [6, 6.07) is 6.45. The van der Waals surface area contributed by atoms with Gasteiger partial charge in [0.05, 0.1) is 10.7 Å². The largest absolute Gasteiger partial charge is 0.370 e. The van der Waals surface area contributed by atoms with Crippen LogP contribution in [0.25, 0.3) is 0 Å². The molecular formula is C10H13ClN4O. The Kier molecular flexibility index (Phi) is 4.60. The molecule has 0 aliphatic carbocycles. The number of hydrogen-bond acceptors (Lipinski definition) is 2. The van der Waals surface area contributed by atoms with E-state index in [0.29, 0.717) is 17.3 Å². The fourth-order valence-corrected chi connectivity index (χ4v) is 1.23. The summed E-state index contributed by atoms with van der Waals surface area (Å²) in [5.41, 5.74) is 5.94. The van der Waals surface area contributed by atoms with Crippen molar-refractivity contribution in [3.05, 3.63) is 29.3 Å². The molecule has 1 rings (SSSR count). The highest BCUT2D eigenvalue weighted by atomic mass is 35.5. The van der Waals surface area contributed by atoms with Crippen LogP contribution in [0, 0.1) is 0 Å². The number of hydrogen-bond donors (Lipinski definition) is 3. The SMILES string of the molecule is CCN=C(N)NC(=O)Nc1ccccc1Cl. The van der Waals surface area contributed by atoms with Crippen LogP contribution in [-0.2, 0) is 0 Å². The quantitative estimate of drug-likeness (QED) is 0.544. The Morgan fingerprint density at radius 3 is 2.81 bits per heavy atom. The van der Waals surface area contributed by atoms with E-state index in [1.807, 2.05) is 6.92 Å². The van der Waals surface area contributed by atoms with Gasteiger partial charge in [-0.2, -0.15) is 0 Å². The molecule has 0 heterocycles. The summed E-state index contributed by atoms with van der Waals surface area (Å²) in [5.74, 6) is 0.0760. The zero-order chi connectivity index (χ0) is 12.0. The van der Waals surface area contributed by atoms with E-state index in [0.717, 1.165) is 0 Å². The van der Waals surface area contributed by atoms with Gasteiger partial charge in [-0.3, -0.25) is 10.3 Å². The van der Waals surface area contributed by atoms with Crippen molar-refractivity contribution in [2.24, 2.45) is 10.7 Å². The number of carbonyl (C=O) groups excluding carboxylic acids is 1. The number of nitrogens with two attached hydrogens (primary N) is 1. The molecule has 86 valence electrons. The van der Waals surface area contributed by atoms with Crippen LogP contribution in [0.1, 0.15) is 6.92 Å². The van der Waals surface area contributed by atoms with Crippen LogP contribution in [0.2, 0.25) is 5.02 Å². The number of para-hydroxylation sites is 1. The number of benzene rings is 1. The molecule has 0 spiro atoms. The number of halogens is 1. The van der Waals surface area contributed by atoms with Crippen molar-refractivity contribution in [1.29, 1.82) is 0 Å². The smallest absolute Gasteiger partial charge is 0.326 e. The predicted molar refractivity (Wildman–Crippen MR) is 65.8 cm³/mol. The summed E-state index contributed by atoms with van der Waals surface area (Å²) >= 11 is 5.86. The van der Waals surface area contributed by atoms with E-state index in [2.05, 4.69) is 15.6 Å². The van der Waals surface area contributed by atoms with Gasteiger partial charge < -0.3 is 11.1 Å². The number of guanidine groups is 1. The second-order valence-electron chi connectivity index (χ2n) is 2.92. The summed E-state index contributed by atoms with van der Waals surface area (Å²) in [6.45, 7) is 2.33. The average molecular weight is 241 g/mol. The van der Waals surface area contributed by atoms with Gasteiger partial charge in [0.2, 0.25) is 0 Å². The Balaban J connectivity index is 2.59. The molecule has 0 aromatic heterocycles. The molecule has 4 N–H and O–H groups in total. The van der Waals surface area contributed by atoms with Crippen molar-refractivity contribution in [2.45, 2.75) is 6.92 Å². The van der Waals surface area contributed by atoms with E-state index in [1.54, 1.807) is 24.3 Å². The van der Waals surface area contributed by atoms with Gasteiger partial charge in [0, 0.05) is 6.54 Å². The first-order valence-electron chi connectivity index (χ1n) is 4.76. The third-order valence-electron chi connectivity index (χ3n) is 1.69. The molecule has 0 aliphatic heterocycles. The number of nitrogens with one attached hydrogen (secondary N) is 2. The van der Waals surface area contributed by atoms with Crippen LogP contribution in [0.15, 0.2) is 29.3 Å². The Labute approximate surface area is 98.7 Å². The molecular weight excluding hydrogens is 228 g/mol. The summed E-state index contributed by atoms with van der Waals surface area (Å²) in [6.07, 6.45) is 0. The first-order chi connectivity index (χ1) is 7.63. The summed E-state index contributed by atoms with van der Waals surface area (Å²) in [5, 5.41) is 5.39. The summed E-state index contributed by atoms with van der Waals surface area (Å²) < 4.78 is 0. The van der Waals surface area contributed by atoms with Crippen molar-refractivity contribution >= 4 is 29.3 Å². The van der Waals surface area contributed by atoms with Crippen molar-refractivity contribution in [3.63, 3.8) is 0 Å². The van der Waals surface area contributed by atoms with E-state index in [-0.39, 0.29) is 5.96 Å². The Bertz CT molecular complexity index is 406. The van der Waals surface area contributed by atoms with Crippen molar-refractivity contribution < 1.29 is 4.79 Å². The molecule has 0 atom stereocenters. The number of nitrogens with zero attached hydrogens (tertiary/aromatic N) is 1. The molecule has 5 nitrogen and oxygen atoms in total. The number of urea groups is 1. The lowest BCUT2D eigenvalue weighted by Gasteiger charge is -2.07. The van der Waals surface area contributed by atoms with E-state index < -0.39 is 6.03 Å². The fraction of sp³-hybridized carbons (Fsp3) is 0.200. The van der Waals surface area contributed by atoms with Crippen LogP contribution in [0.4, 0.5) is 10.5 Å². The fourth-order valence-electron chi connectivity index (χ4n) is 1.04. The molecule has 0 aliphatic rings. The van der Waals surface area contributed by atoms with Gasteiger partial charge in [0.25, 0.3) is 0 Å². The molecule has 0 radical (unpaired) electrons. The zero-order valence-corrected chi connectivity index (χ0v) is 9.58. The third kappa shape index (κ3) is 3.78. The lowest BCUT2D eigenvalue weighted by molar-refractivity contribution is 0.256. The highest BCUT2D eigenvalue weighted by molar-refractivity contribution is 6.33. The lowest BCUT2D eigenvalue weighted by atomic mass is 10.3. The maximum atomic E-state index is 11.4. The maximum absolute atomic E-state index is 11.4. The number of rotatable bonds is 2. The summed E-state index contributed by atoms with van der Waals surface area (Å²) in [4.78, 5) is 15.2. The minimum atomic E-state index is -0.470. The van der Waals surface area contributed by atoms with E-state index in [9.17, 15) is 4.79 Å². The first kappa shape index (κ1) is 12.3. The van der Waals surface area contributed by atoms with Crippen LogP contribution in [0.5, 0.6) is 0 Å². The predicted octanol–water partition coefficient (Wildman–Crippen LogP) is 1.80. The normalized spacial score (nSPS) is 11.0. The average Bonchev–Trinajstić information content (AvgIpc) is 2.21. The maximum Gasteiger partial charge on any atom is 0.326 e. The Morgan fingerprint density at radius 1 is 1.50 bits per heavy atom. The highest BCUT2D eigenvalue weighted by Gasteiger charge is 2.05. The molecule has 0 fully saturated rings. The third-order valence-corrected chi connectivity index (χ3v) is 2.02. The molecule has 1 aromatic carbocycles. The van der Waals surface area contributed by atoms with Gasteiger partial charge in [0.1, 0.15) is 0 Å². The molecule has 6 heteroatoms. The summed E-state index contributed by atoms with van der Waals surface area (Å²) in [7, 11) is 0. The van der Waals surface area contributed by atoms with Crippen LogP contribution < -0.4 is 16.4 Å². The Morgan fingerprint density at radius 2 is 2.19 bits per heavy atom. The second kappa shape index (κ2) is 5.97. The molecule has 0 unspecified atom stereocenters. The monoisotopic (exact) mass is 240 g/mol. The van der Waals surface area contributed by atoms with Gasteiger partial charge in [0.15, 0.2) is 5.96 Å². The number of anilines is 1. The highest BCUT2D eigenvalue weighted by Crippen LogP contribution is 2.19. The number of carbonyl (C=O) groups is 1. The van der Waals surface area contributed by atoms with E-state index in [1.165, 1.54) is 0 Å². The number of aliphatic imine (C=N–C) groups is 1. The molecule has 0 bridgehead atoms. The first-order valence-corrected chi connectivity index (χ1v) is 5.13. The Hall–Kier alpha value is -1.75. The number of amides is 2. The van der Waals surface area contributed by atoms with Gasteiger partial charge in [-0.25, -0.2) is 4.79 Å². The van der Waals surface area contributed by atoms with E-state index >= 15 is 0 Å². The van der Waals surface area contributed by atoms with Gasteiger partial charge in [-0.05, 0) is 19.1 Å². The molecule has 1 aromatic rings. The van der Waals surface area contributed by atoms with E-state index in [4.69, 9.17) is 17.3 Å². The van der Waals surface area contributed by atoms with Crippen LogP contribution in [-0.4, -0.2) is 18.5 Å². The standard InChI is InChI=1S/C10H13ClN4O/c1-2-13-9(12)15-10(16)14-8-6-4-3-5-7(8)11/h3-6H,2H2,1H3,(H4,12,13,14,15,16). The molecule has 2 amide bonds. The zero-order valence-electron chi connectivity index (χ0n) is 8.83. The van der Waals surface area contributed by atoms with Gasteiger partial charge in [-0.1, -0.05) is 23.7 Å². The molecule has 16 heavy (non-hydrogen) atoms. The topological polar surface area (TPSA) is 79.5 Å². The minimum absolute atomic E-state index is 0.0760. The van der Waals surface area contributed by atoms with Gasteiger partial charge in [-0.15, -0.1) is 0 Å². The van der Waals surface area contributed by atoms with Crippen molar-refractivity contribution in [2.75, 3.05) is 11.9 Å². The minimum Gasteiger partial charge on any atom is -0.370 e. The van der Waals surface area contributed by atoms with Crippen molar-refractivity contribution in [3.8, 4) is 0 Å². The van der Waals surface area contributed by atoms with Crippen LogP contribution in [0.3, 0.4) is 0 Å². The van der Waals surface area contributed by atoms with Crippen LogP contribution >= 0.6 is 11.6 Å². The van der Waals surface area contributed by atoms with Crippen molar-refractivity contribution in [1.82, 2.24) is 5.32 Å². The molecule has 0 saturated heterocycles.